The van der Waals surface area contributed by atoms with Gasteiger partial charge in [-0.25, -0.2) is 4.39 Å². The molecule has 0 radical (unpaired) electrons. The Morgan fingerprint density at radius 2 is 2.27 bits per heavy atom. The summed E-state index contributed by atoms with van der Waals surface area (Å²) in [6.07, 6.45) is 0.962. The highest BCUT2D eigenvalue weighted by molar-refractivity contribution is 5.29. The molecule has 4 heteroatoms. The lowest BCUT2D eigenvalue weighted by molar-refractivity contribution is 0.602. The molecule has 0 heterocycles. The lowest BCUT2D eigenvalue weighted by Crippen LogP contribution is -2.19. The van der Waals surface area contributed by atoms with Gasteiger partial charge in [0.25, 0.3) is 0 Å². The molecule has 0 aromatic heterocycles. The monoisotopic (exact) mass is 210 g/mol. The summed E-state index contributed by atoms with van der Waals surface area (Å²) in [4.78, 5) is 10.0. The number of benzene rings is 1. The molecular formula is C11H15FN2O. The van der Waals surface area contributed by atoms with Crippen LogP contribution in [0.5, 0.6) is 0 Å². The summed E-state index contributed by atoms with van der Waals surface area (Å²) in [5.74, 6) is -0.281. The molecule has 0 saturated carbocycles. The molecule has 0 fully saturated rings. The van der Waals surface area contributed by atoms with Crippen molar-refractivity contribution >= 4 is 0 Å². The smallest absolute Gasteiger partial charge is 0.126 e. The first-order valence-electron chi connectivity index (χ1n) is 4.96. The van der Waals surface area contributed by atoms with Crippen LogP contribution in [-0.2, 0) is 12.8 Å². The van der Waals surface area contributed by atoms with Crippen molar-refractivity contribution in [2.75, 3.05) is 6.54 Å². The fraction of sp³-hybridized carbons (Fsp3) is 0.455. The van der Waals surface area contributed by atoms with Crippen molar-refractivity contribution in [2.24, 2.45) is 10.9 Å². The van der Waals surface area contributed by atoms with Crippen LogP contribution in [-0.4, -0.2) is 12.6 Å². The van der Waals surface area contributed by atoms with Gasteiger partial charge in [0.15, 0.2) is 0 Å². The van der Waals surface area contributed by atoms with Gasteiger partial charge in [0.2, 0.25) is 0 Å². The van der Waals surface area contributed by atoms with Crippen LogP contribution in [0.4, 0.5) is 4.39 Å². The summed E-state index contributed by atoms with van der Waals surface area (Å²) >= 11 is 0. The molecule has 2 N–H and O–H groups in total. The van der Waals surface area contributed by atoms with Crippen LogP contribution in [0.15, 0.2) is 23.4 Å². The maximum absolute atomic E-state index is 13.4. The van der Waals surface area contributed by atoms with Gasteiger partial charge in [-0.3, -0.25) is 0 Å². The van der Waals surface area contributed by atoms with Crippen molar-refractivity contribution in [1.29, 1.82) is 0 Å². The third-order valence-electron chi connectivity index (χ3n) is 2.21. The van der Waals surface area contributed by atoms with Gasteiger partial charge >= 0.3 is 0 Å². The van der Waals surface area contributed by atoms with Crippen LogP contribution in [0.1, 0.15) is 18.1 Å². The first-order valence-corrected chi connectivity index (χ1v) is 4.96. The van der Waals surface area contributed by atoms with E-state index in [-0.39, 0.29) is 18.4 Å². The predicted octanol–water partition coefficient (Wildman–Crippen LogP) is 2.02. The SMILES string of the molecule is CC(N)Cc1cccc(F)c1CCN=O. The zero-order chi connectivity index (χ0) is 11.3. The van der Waals surface area contributed by atoms with Gasteiger partial charge in [0.1, 0.15) is 5.82 Å². The third kappa shape index (κ3) is 3.40. The quantitative estimate of drug-likeness (QED) is 0.756. The number of hydrogen-bond acceptors (Lipinski definition) is 3. The highest BCUT2D eigenvalue weighted by Crippen LogP contribution is 2.16. The van der Waals surface area contributed by atoms with Crippen molar-refractivity contribution < 1.29 is 4.39 Å². The Bertz CT molecular complexity index is 339. The van der Waals surface area contributed by atoms with Crippen LogP contribution in [0.25, 0.3) is 0 Å². The maximum atomic E-state index is 13.4. The summed E-state index contributed by atoms with van der Waals surface area (Å²) in [5, 5.41) is 2.74. The van der Waals surface area contributed by atoms with E-state index in [9.17, 15) is 9.30 Å². The van der Waals surface area contributed by atoms with E-state index in [2.05, 4.69) is 5.18 Å². The Hall–Kier alpha value is -1.29. The largest absolute Gasteiger partial charge is 0.328 e. The maximum Gasteiger partial charge on any atom is 0.126 e. The van der Waals surface area contributed by atoms with Gasteiger partial charge in [-0.15, -0.1) is 0 Å². The van der Waals surface area contributed by atoms with Crippen LogP contribution >= 0.6 is 0 Å². The lowest BCUT2D eigenvalue weighted by Gasteiger charge is -2.11. The molecule has 1 rings (SSSR count). The van der Waals surface area contributed by atoms with Gasteiger partial charge in [0, 0.05) is 6.04 Å². The molecule has 1 unspecified atom stereocenters. The summed E-state index contributed by atoms with van der Waals surface area (Å²) < 4.78 is 13.4. The van der Waals surface area contributed by atoms with Crippen molar-refractivity contribution in [3.8, 4) is 0 Å². The van der Waals surface area contributed by atoms with Gasteiger partial charge in [0.05, 0.1) is 6.54 Å². The summed E-state index contributed by atoms with van der Waals surface area (Å²) in [6.45, 7) is 1.97. The van der Waals surface area contributed by atoms with Gasteiger partial charge < -0.3 is 5.73 Å². The Labute approximate surface area is 88.5 Å². The summed E-state index contributed by atoms with van der Waals surface area (Å²) in [7, 11) is 0. The minimum Gasteiger partial charge on any atom is -0.328 e. The zero-order valence-corrected chi connectivity index (χ0v) is 8.74. The van der Waals surface area contributed by atoms with Crippen molar-refractivity contribution in [2.45, 2.75) is 25.8 Å². The molecular weight excluding hydrogens is 195 g/mol. The third-order valence-corrected chi connectivity index (χ3v) is 2.21. The van der Waals surface area contributed by atoms with E-state index in [1.54, 1.807) is 6.07 Å². The second-order valence-corrected chi connectivity index (χ2v) is 3.66. The van der Waals surface area contributed by atoms with Crippen LogP contribution in [0, 0.1) is 10.7 Å². The lowest BCUT2D eigenvalue weighted by atomic mass is 9.98. The molecule has 0 bridgehead atoms. The minimum absolute atomic E-state index is 0.0188. The zero-order valence-electron chi connectivity index (χ0n) is 8.74. The van der Waals surface area contributed by atoms with E-state index in [0.29, 0.717) is 18.4 Å². The molecule has 0 amide bonds. The molecule has 1 atom stereocenters. The average molecular weight is 210 g/mol. The number of nitrogens with zero attached hydrogens (tertiary/aromatic N) is 1. The van der Waals surface area contributed by atoms with Crippen molar-refractivity contribution in [1.82, 2.24) is 0 Å². The molecule has 82 valence electrons. The Kier molecular flexibility index (Phi) is 4.37. The Balaban J connectivity index is 2.91. The Morgan fingerprint density at radius 1 is 1.53 bits per heavy atom. The summed E-state index contributed by atoms with van der Waals surface area (Å²) in [6, 6.07) is 4.87. The molecule has 0 aliphatic carbocycles. The average Bonchev–Trinajstić information content (AvgIpc) is 2.16. The molecule has 0 spiro atoms. The molecule has 3 nitrogen and oxygen atoms in total. The van der Waals surface area contributed by atoms with Crippen molar-refractivity contribution in [3.63, 3.8) is 0 Å². The number of nitroso groups, excluding NO2 is 1. The number of hydrogen-bond donors (Lipinski definition) is 1. The van der Waals surface area contributed by atoms with E-state index < -0.39 is 0 Å². The summed E-state index contributed by atoms with van der Waals surface area (Å²) in [5.41, 5.74) is 7.10. The Morgan fingerprint density at radius 3 is 2.87 bits per heavy atom. The highest BCUT2D eigenvalue weighted by Gasteiger charge is 2.09. The minimum atomic E-state index is -0.281. The molecule has 0 aliphatic heterocycles. The number of rotatable bonds is 5. The van der Waals surface area contributed by atoms with Crippen molar-refractivity contribution in [3.05, 3.63) is 40.1 Å². The number of nitrogens with two attached hydrogens (primary N) is 1. The van der Waals surface area contributed by atoms with Crippen LogP contribution in [0.2, 0.25) is 0 Å². The van der Waals surface area contributed by atoms with Gasteiger partial charge in [-0.2, -0.15) is 4.91 Å². The van der Waals surface area contributed by atoms with Gasteiger partial charge in [-0.1, -0.05) is 17.3 Å². The van der Waals surface area contributed by atoms with Crippen LogP contribution in [0.3, 0.4) is 0 Å². The fourth-order valence-electron chi connectivity index (χ4n) is 1.58. The van der Waals surface area contributed by atoms with E-state index in [1.165, 1.54) is 6.07 Å². The topological polar surface area (TPSA) is 55.4 Å². The van der Waals surface area contributed by atoms with Crippen LogP contribution < -0.4 is 5.73 Å². The fourth-order valence-corrected chi connectivity index (χ4v) is 1.58. The molecule has 1 aromatic rings. The van der Waals surface area contributed by atoms with E-state index in [1.807, 2.05) is 13.0 Å². The number of halogens is 1. The molecule has 0 saturated heterocycles. The van der Waals surface area contributed by atoms with E-state index in [0.717, 1.165) is 5.56 Å². The first-order chi connectivity index (χ1) is 7.15. The molecule has 15 heavy (non-hydrogen) atoms. The first kappa shape index (κ1) is 11.8. The van der Waals surface area contributed by atoms with Gasteiger partial charge in [-0.05, 0) is 37.0 Å². The van der Waals surface area contributed by atoms with E-state index >= 15 is 0 Å². The second-order valence-electron chi connectivity index (χ2n) is 3.66. The second kappa shape index (κ2) is 5.56. The normalized spacial score (nSPS) is 12.5. The highest BCUT2D eigenvalue weighted by atomic mass is 19.1. The van der Waals surface area contributed by atoms with E-state index in [4.69, 9.17) is 5.73 Å². The predicted molar refractivity (Wildman–Crippen MR) is 58.1 cm³/mol. The standard InChI is InChI=1S/C11H15FN2O/c1-8(13)7-9-3-2-4-11(12)10(9)5-6-14-15/h2-4,8H,5-7,13H2,1H3. The molecule has 0 aliphatic rings. The molecule has 1 aromatic carbocycles.